The van der Waals surface area contributed by atoms with Gasteiger partial charge in [-0.3, -0.25) is 24.3 Å². The molecule has 0 saturated heterocycles. The second-order valence-electron chi connectivity index (χ2n) is 8.76. The molecule has 4 fully saturated rings. The predicted molar refractivity (Wildman–Crippen MR) is 98.3 cm³/mol. The van der Waals surface area contributed by atoms with E-state index in [0.717, 1.165) is 19.3 Å². The number of Topliss-reactive ketones (excluding diaryl/α,β-unsaturated/α-hetero) is 1. The van der Waals surface area contributed by atoms with E-state index in [1.54, 1.807) is 0 Å². The smallest absolute Gasteiger partial charge is 0.271 e. The molecule has 0 amide bonds. The minimum absolute atomic E-state index is 0.0465. The van der Waals surface area contributed by atoms with Crippen molar-refractivity contribution in [1.82, 2.24) is 9.55 Å². The number of carbonyl (C=O) groups excluding carboxylic acids is 1. The molecule has 4 saturated carbocycles. The van der Waals surface area contributed by atoms with E-state index in [-0.39, 0.29) is 34.5 Å². The number of ketones is 1. The molecule has 0 unspecified atom stereocenters. The molecule has 2 aromatic rings. The van der Waals surface area contributed by atoms with Gasteiger partial charge in [-0.25, -0.2) is 4.98 Å². The van der Waals surface area contributed by atoms with Crippen LogP contribution in [-0.2, 0) is 11.3 Å². The van der Waals surface area contributed by atoms with Crippen LogP contribution in [0.4, 0.5) is 5.69 Å². The number of non-ortho nitro benzene ring substituents is 1. The highest BCUT2D eigenvalue weighted by atomic mass is 16.6. The van der Waals surface area contributed by atoms with Gasteiger partial charge in [-0.15, -0.1) is 0 Å². The Morgan fingerprint density at radius 1 is 1.19 bits per heavy atom. The first-order valence-corrected chi connectivity index (χ1v) is 9.60. The zero-order valence-electron chi connectivity index (χ0n) is 15.0. The van der Waals surface area contributed by atoms with Gasteiger partial charge in [-0.1, -0.05) is 0 Å². The van der Waals surface area contributed by atoms with Gasteiger partial charge in [0.05, 0.1) is 28.7 Å². The van der Waals surface area contributed by atoms with E-state index in [9.17, 15) is 19.7 Å². The van der Waals surface area contributed by atoms with Gasteiger partial charge in [-0.2, -0.15) is 0 Å². The number of nitro groups is 1. The second kappa shape index (κ2) is 5.71. The molecule has 140 valence electrons. The zero-order chi connectivity index (χ0) is 18.8. The van der Waals surface area contributed by atoms with E-state index in [1.807, 2.05) is 0 Å². The monoisotopic (exact) mass is 367 g/mol. The molecule has 4 aliphatic carbocycles. The normalized spacial score (nSPS) is 31.3. The van der Waals surface area contributed by atoms with Gasteiger partial charge >= 0.3 is 0 Å². The van der Waals surface area contributed by atoms with E-state index < -0.39 is 4.92 Å². The number of carbonyl (C=O) groups is 1. The van der Waals surface area contributed by atoms with Crippen molar-refractivity contribution < 1.29 is 9.72 Å². The number of aromatic nitrogens is 2. The third-order valence-corrected chi connectivity index (χ3v) is 6.96. The average molecular weight is 367 g/mol. The molecule has 27 heavy (non-hydrogen) atoms. The fraction of sp³-hybridized carbons (Fsp3) is 0.550. The molecule has 0 spiro atoms. The lowest BCUT2D eigenvalue weighted by Gasteiger charge is -2.56. The van der Waals surface area contributed by atoms with Gasteiger partial charge in [0.15, 0.2) is 5.78 Å². The molecule has 0 aliphatic heterocycles. The Morgan fingerprint density at radius 2 is 1.81 bits per heavy atom. The highest BCUT2D eigenvalue weighted by Crippen LogP contribution is 2.60. The van der Waals surface area contributed by atoms with Crippen molar-refractivity contribution in [3.63, 3.8) is 0 Å². The molecule has 0 N–H and O–H groups in total. The second-order valence-corrected chi connectivity index (χ2v) is 8.76. The molecule has 1 heterocycles. The highest BCUT2D eigenvalue weighted by Gasteiger charge is 2.54. The van der Waals surface area contributed by atoms with Crippen molar-refractivity contribution in [3.8, 4) is 0 Å². The quantitative estimate of drug-likeness (QED) is 0.611. The first kappa shape index (κ1) is 16.6. The van der Waals surface area contributed by atoms with E-state index in [1.165, 1.54) is 48.4 Å². The molecule has 6 rings (SSSR count). The van der Waals surface area contributed by atoms with Gasteiger partial charge in [0.1, 0.15) is 0 Å². The molecule has 7 nitrogen and oxygen atoms in total. The summed E-state index contributed by atoms with van der Waals surface area (Å²) in [5, 5.41) is 11.2. The van der Waals surface area contributed by atoms with E-state index in [0.29, 0.717) is 23.1 Å². The summed E-state index contributed by atoms with van der Waals surface area (Å²) in [6, 6.07) is 4.02. The zero-order valence-corrected chi connectivity index (χ0v) is 15.0. The maximum Gasteiger partial charge on any atom is 0.271 e. The minimum Gasteiger partial charge on any atom is -0.297 e. The number of benzene rings is 1. The Labute approximate surface area is 155 Å². The van der Waals surface area contributed by atoms with E-state index in [4.69, 9.17) is 0 Å². The summed E-state index contributed by atoms with van der Waals surface area (Å²) in [7, 11) is 0. The lowest BCUT2D eigenvalue weighted by Crippen LogP contribution is -2.51. The Hall–Kier alpha value is -2.57. The van der Waals surface area contributed by atoms with Crippen LogP contribution in [0.25, 0.3) is 10.9 Å². The first-order chi connectivity index (χ1) is 12.9. The summed E-state index contributed by atoms with van der Waals surface area (Å²) in [6.07, 6.45) is 8.07. The van der Waals surface area contributed by atoms with E-state index >= 15 is 0 Å². The molecule has 7 heteroatoms. The van der Waals surface area contributed by atoms with Crippen LogP contribution in [0.5, 0.6) is 0 Å². The van der Waals surface area contributed by atoms with Crippen molar-refractivity contribution >= 4 is 22.4 Å². The van der Waals surface area contributed by atoms with Crippen LogP contribution in [0.3, 0.4) is 0 Å². The maximum atomic E-state index is 13.2. The number of hydrogen-bond donors (Lipinski definition) is 0. The molecule has 0 atom stereocenters. The molecule has 4 bridgehead atoms. The summed E-state index contributed by atoms with van der Waals surface area (Å²) in [4.78, 5) is 40.6. The number of nitrogens with zero attached hydrogens (tertiary/aromatic N) is 3. The van der Waals surface area contributed by atoms with Crippen LogP contribution < -0.4 is 5.56 Å². The topological polar surface area (TPSA) is 95.1 Å². The fourth-order valence-electron chi connectivity index (χ4n) is 6.15. The number of nitro benzene ring substituents is 1. The predicted octanol–water partition coefficient (Wildman–Crippen LogP) is 3.09. The summed E-state index contributed by atoms with van der Waals surface area (Å²) in [5.74, 6) is 2.18. The van der Waals surface area contributed by atoms with Crippen molar-refractivity contribution in [2.45, 2.75) is 45.1 Å². The molecular weight excluding hydrogens is 346 g/mol. The largest absolute Gasteiger partial charge is 0.297 e. The highest BCUT2D eigenvalue weighted by molar-refractivity contribution is 5.86. The lowest BCUT2D eigenvalue weighted by atomic mass is 9.48. The van der Waals surface area contributed by atoms with Gasteiger partial charge in [0.25, 0.3) is 11.2 Å². The summed E-state index contributed by atoms with van der Waals surface area (Å²) in [6.45, 7) is 0.0465. The standard InChI is InChI=1S/C20H21N3O4/c24-18(20-7-12-3-13(8-20)5-14(4-12)9-20)10-22-11-21-17-6-15(23(26)27)1-2-16(17)19(22)25/h1-2,6,11-14H,3-5,7-10H2. The average Bonchev–Trinajstić information content (AvgIpc) is 2.62. The molecule has 4 aliphatic rings. The first-order valence-electron chi connectivity index (χ1n) is 9.60. The van der Waals surface area contributed by atoms with Crippen molar-refractivity contribution in [2.24, 2.45) is 23.2 Å². The van der Waals surface area contributed by atoms with Crippen molar-refractivity contribution in [1.29, 1.82) is 0 Å². The van der Waals surface area contributed by atoms with Crippen LogP contribution in [0, 0.1) is 33.3 Å². The Balaban J connectivity index is 1.45. The summed E-state index contributed by atoms with van der Waals surface area (Å²) >= 11 is 0. The van der Waals surface area contributed by atoms with Gasteiger partial charge in [0.2, 0.25) is 0 Å². The fourth-order valence-corrected chi connectivity index (χ4v) is 6.15. The number of hydrogen-bond acceptors (Lipinski definition) is 5. The van der Waals surface area contributed by atoms with Crippen LogP contribution in [0.2, 0.25) is 0 Å². The lowest BCUT2D eigenvalue weighted by molar-refractivity contribution is -0.384. The molecule has 1 aromatic carbocycles. The third-order valence-electron chi connectivity index (χ3n) is 6.96. The van der Waals surface area contributed by atoms with Crippen molar-refractivity contribution in [3.05, 3.63) is 45.0 Å². The Bertz CT molecular complexity index is 990. The Morgan fingerprint density at radius 3 is 2.41 bits per heavy atom. The SMILES string of the molecule is O=C(Cn1cnc2cc([N+](=O)[O-])ccc2c1=O)C12CC3CC(CC(C3)C1)C2. The third kappa shape index (κ3) is 2.59. The molecular formula is C20H21N3O4. The molecule has 0 radical (unpaired) electrons. The maximum absolute atomic E-state index is 13.2. The summed E-state index contributed by atoms with van der Waals surface area (Å²) in [5.41, 5.74) is -0.379. The number of fused-ring (bicyclic) bond motifs is 1. The van der Waals surface area contributed by atoms with Crippen LogP contribution in [0.1, 0.15) is 38.5 Å². The molecule has 1 aromatic heterocycles. The number of rotatable bonds is 4. The van der Waals surface area contributed by atoms with Crippen LogP contribution in [-0.4, -0.2) is 20.3 Å². The minimum atomic E-state index is -0.511. The van der Waals surface area contributed by atoms with Gasteiger partial charge < -0.3 is 0 Å². The van der Waals surface area contributed by atoms with Crippen molar-refractivity contribution in [2.75, 3.05) is 0 Å². The van der Waals surface area contributed by atoms with Gasteiger partial charge in [0, 0.05) is 17.5 Å². The van der Waals surface area contributed by atoms with Crippen LogP contribution >= 0.6 is 0 Å². The van der Waals surface area contributed by atoms with Gasteiger partial charge in [-0.05, 0) is 62.3 Å². The van der Waals surface area contributed by atoms with E-state index in [2.05, 4.69) is 4.98 Å². The summed E-state index contributed by atoms with van der Waals surface area (Å²) < 4.78 is 1.37. The van der Waals surface area contributed by atoms with Crippen LogP contribution in [0.15, 0.2) is 29.3 Å². The Kier molecular flexibility index (Phi) is 3.51.